The Morgan fingerprint density at radius 3 is 2.69 bits per heavy atom. The molecule has 0 aromatic rings. The Kier molecular flexibility index (Phi) is 4.64. The van der Waals surface area contributed by atoms with Gasteiger partial charge in [0.2, 0.25) is 0 Å². The minimum Gasteiger partial charge on any atom is -0.387 e. The third-order valence-electron chi connectivity index (χ3n) is 2.55. The molecule has 0 heterocycles. The van der Waals surface area contributed by atoms with Gasteiger partial charge in [0, 0.05) is 11.7 Å². The molecule has 1 unspecified atom stereocenters. The van der Waals surface area contributed by atoms with E-state index in [1.54, 1.807) is 0 Å². The molecule has 1 fully saturated rings. The lowest BCUT2D eigenvalue weighted by molar-refractivity contribution is 0.704. The van der Waals surface area contributed by atoms with Crippen LogP contribution in [0.5, 0.6) is 0 Å². The second-order valence-corrected chi connectivity index (χ2v) is 4.75. The molecule has 0 aromatic carbocycles. The Morgan fingerprint density at radius 1 is 1.54 bits per heavy atom. The minimum absolute atomic E-state index is 0.385. The molecule has 0 aromatic heterocycles. The van der Waals surface area contributed by atoms with Gasteiger partial charge in [0.15, 0.2) is 0 Å². The molecule has 1 aliphatic rings. The van der Waals surface area contributed by atoms with Crippen molar-refractivity contribution in [1.29, 1.82) is 0 Å². The molecule has 1 aliphatic carbocycles. The highest BCUT2D eigenvalue weighted by Crippen LogP contribution is 2.24. The minimum atomic E-state index is 0.385. The van der Waals surface area contributed by atoms with Crippen LogP contribution in [0.1, 0.15) is 32.6 Å². The molecular weight excluding hydrogens is 180 g/mol. The smallest absolute Gasteiger partial charge is 0.0972 e. The Morgan fingerprint density at radius 2 is 2.15 bits per heavy atom. The second-order valence-electron chi connectivity index (χ2n) is 3.84. The normalized spacial score (nSPS) is 22.2. The zero-order valence-electron chi connectivity index (χ0n) is 8.62. The van der Waals surface area contributed by atoms with E-state index in [1.807, 2.05) is 11.8 Å². The van der Waals surface area contributed by atoms with Gasteiger partial charge >= 0.3 is 0 Å². The van der Waals surface area contributed by atoms with Crippen molar-refractivity contribution in [1.82, 2.24) is 0 Å². The van der Waals surface area contributed by atoms with Crippen LogP contribution in [-0.4, -0.2) is 23.9 Å². The lowest BCUT2D eigenvalue weighted by atomic mass is 10.1. The van der Waals surface area contributed by atoms with Crippen LogP contribution < -0.4 is 5.73 Å². The van der Waals surface area contributed by atoms with E-state index in [1.165, 1.54) is 25.7 Å². The predicted molar refractivity (Wildman–Crippen MR) is 61.4 cm³/mol. The standard InChI is InChI=1S/C10H20N2S/c1-8(7-13-2)12-10(11)9-5-3-4-6-9/h8-9H,3-7H2,1-2H3,(H2,11,12). The van der Waals surface area contributed by atoms with Crippen LogP contribution in [0.15, 0.2) is 4.99 Å². The maximum atomic E-state index is 5.95. The topological polar surface area (TPSA) is 38.4 Å². The molecule has 0 bridgehead atoms. The molecule has 0 saturated heterocycles. The van der Waals surface area contributed by atoms with Crippen molar-refractivity contribution in [2.45, 2.75) is 38.6 Å². The highest BCUT2D eigenvalue weighted by molar-refractivity contribution is 7.98. The molecule has 0 spiro atoms. The predicted octanol–water partition coefficient (Wildman–Crippen LogP) is 2.29. The summed E-state index contributed by atoms with van der Waals surface area (Å²) in [5, 5.41) is 0. The summed E-state index contributed by atoms with van der Waals surface area (Å²) in [6.07, 6.45) is 7.27. The molecule has 0 radical (unpaired) electrons. The summed E-state index contributed by atoms with van der Waals surface area (Å²) in [5.74, 6) is 2.57. The zero-order valence-corrected chi connectivity index (χ0v) is 9.44. The summed E-state index contributed by atoms with van der Waals surface area (Å²) < 4.78 is 0. The fourth-order valence-corrected chi connectivity index (χ4v) is 2.42. The van der Waals surface area contributed by atoms with E-state index in [4.69, 9.17) is 5.73 Å². The summed E-state index contributed by atoms with van der Waals surface area (Å²) in [4.78, 5) is 4.52. The van der Waals surface area contributed by atoms with E-state index < -0.39 is 0 Å². The van der Waals surface area contributed by atoms with Gasteiger partial charge in [0.1, 0.15) is 0 Å². The first-order valence-electron chi connectivity index (χ1n) is 5.06. The van der Waals surface area contributed by atoms with Gasteiger partial charge in [-0.25, -0.2) is 0 Å². The van der Waals surface area contributed by atoms with Gasteiger partial charge in [-0.05, 0) is 26.0 Å². The zero-order chi connectivity index (χ0) is 9.68. The van der Waals surface area contributed by atoms with Crippen LogP contribution in [0.4, 0.5) is 0 Å². The van der Waals surface area contributed by atoms with E-state index in [-0.39, 0.29) is 0 Å². The number of rotatable bonds is 4. The van der Waals surface area contributed by atoms with Gasteiger partial charge in [-0.1, -0.05) is 12.8 Å². The quantitative estimate of drug-likeness (QED) is 0.558. The number of hydrogen-bond donors (Lipinski definition) is 1. The summed E-state index contributed by atoms with van der Waals surface area (Å²) in [7, 11) is 0. The van der Waals surface area contributed by atoms with E-state index >= 15 is 0 Å². The number of aliphatic imine (C=N–C) groups is 1. The number of amidine groups is 1. The van der Waals surface area contributed by atoms with E-state index in [0.717, 1.165) is 11.6 Å². The van der Waals surface area contributed by atoms with Crippen LogP contribution >= 0.6 is 11.8 Å². The number of thioether (sulfide) groups is 1. The molecule has 2 N–H and O–H groups in total. The van der Waals surface area contributed by atoms with Crippen molar-refractivity contribution in [3.05, 3.63) is 0 Å². The third-order valence-corrected chi connectivity index (χ3v) is 3.37. The molecule has 13 heavy (non-hydrogen) atoms. The van der Waals surface area contributed by atoms with Crippen molar-refractivity contribution < 1.29 is 0 Å². The monoisotopic (exact) mass is 200 g/mol. The van der Waals surface area contributed by atoms with Gasteiger partial charge < -0.3 is 5.73 Å². The molecule has 2 nitrogen and oxygen atoms in total. The summed E-state index contributed by atoms with van der Waals surface area (Å²) in [5.41, 5.74) is 5.95. The first kappa shape index (κ1) is 10.9. The average Bonchev–Trinajstić information content (AvgIpc) is 2.55. The van der Waals surface area contributed by atoms with Gasteiger partial charge in [-0.3, -0.25) is 4.99 Å². The second kappa shape index (κ2) is 5.53. The number of nitrogens with two attached hydrogens (primary N) is 1. The molecule has 0 aliphatic heterocycles. The van der Waals surface area contributed by atoms with Crippen molar-refractivity contribution in [3.8, 4) is 0 Å². The van der Waals surface area contributed by atoms with Gasteiger partial charge in [-0.15, -0.1) is 0 Å². The third kappa shape index (κ3) is 3.59. The van der Waals surface area contributed by atoms with Crippen LogP contribution in [0.2, 0.25) is 0 Å². The van der Waals surface area contributed by atoms with Gasteiger partial charge in [0.25, 0.3) is 0 Å². The molecule has 1 saturated carbocycles. The van der Waals surface area contributed by atoms with E-state index in [9.17, 15) is 0 Å². The summed E-state index contributed by atoms with van der Waals surface area (Å²) in [6, 6.07) is 0.385. The van der Waals surface area contributed by atoms with Crippen LogP contribution in [-0.2, 0) is 0 Å². The highest BCUT2D eigenvalue weighted by Gasteiger charge is 2.18. The van der Waals surface area contributed by atoms with Crippen molar-refractivity contribution in [3.63, 3.8) is 0 Å². The van der Waals surface area contributed by atoms with Gasteiger partial charge in [0.05, 0.1) is 11.9 Å². The summed E-state index contributed by atoms with van der Waals surface area (Å²) >= 11 is 1.83. The largest absolute Gasteiger partial charge is 0.387 e. The average molecular weight is 200 g/mol. The van der Waals surface area contributed by atoms with Crippen molar-refractivity contribution >= 4 is 17.6 Å². The number of nitrogens with zero attached hydrogens (tertiary/aromatic N) is 1. The van der Waals surface area contributed by atoms with Crippen molar-refractivity contribution in [2.24, 2.45) is 16.6 Å². The molecule has 1 rings (SSSR count). The lowest BCUT2D eigenvalue weighted by Gasteiger charge is -2.11. The SMILES string of the molecule is CSCC(C)N=C(N)C1CCCC1. The molecule has 1 atom stereocenters. The number of hydrogen-bond acceptors (Lipinski definition) is 2. The molecule has 76 valence electrons. The fourth-order valence-electron chi connectivity index (χ4n) is 1.86. The maximum Gasteiger partial charge on any atom is 0.0972 e. The Bertz CT molecular complexity index is 174. The van der Waals surface area contributed by atoms with Crippen molar-refractivity contribution in [2.75, 3.05) is 12.0 Å². The Balaban J connectivity index is 2.39. The van der Waals surface area contributed by atoms with Gasteiger partial charge in [-0.2, -0.15) is 11.8 Å². The fraction of sp³-hybridized carbons (Fsp3) is 0.900. The first-order valence-corrected chi connectivity index (χ1v) is 6.45. The van der Waals surface area contributed by atoms with Crippen LogP contribution in [0.25, 0.3) is 0 Å². The summed E-state index contributed by atoms with van der Waals surface area (Å²) in [6.45, 7) is 2.14. The van der Waals surface area contributed by atoms with Crippen LogP contribution in [0.3, 0.4) is 0 Å². The van der Waals surface area contributed by atoms with E-state index in [0.29, 0.717) is 12.0 Å². The molecule has 0 amide bonds. The lowest BCUT2D eigenvalue weighted by Crippen LogP contribution is -2.24. The maximum absolute atomic E-state index is 5.95. The Labute approximate surface area is 85.4 Å². The first-order chi connectivity index (χ1) is 6.24. The van der Waals surface area contributed by atoms with E-state index in [2.05, 4.69) is 18.2 Å². The van der Waals surface area contributed by atoms with Crippen LogP contribution in [0, 0.1) is 5.92 Å². The molecule has 3 heteroatoms. The molecular formula is C10H20N2S. The highest BCUT2D eigenvalue weighted by atomic mass is 32.2. The Hall–Kier alpha value is -0.180.